The second-order valence-corrected chi connectivity index (χ2v) is 3.70. The van der Waals surface area contributed by atoms with Crippen LogP contribution in [0.3, 0.4) is 0 Å². The maximum absolute atomic E-state index is 11.1. The Balaban J connectivity index is 2.84. The van der Waals surface area contributed by atoms with Gasteiger partial charge in [-0.15, -0.1) is 0 Å². The fourth-order valence-electron chi connectivity index (χ4n) is 1.82. The summed E-state index contributed by atoms with van der Waals surface area (Å²) in [4.78, 5) is 15.2. The Labute approximate surface area is 92.7 Å². The summed E-state index contributed by atoms with van der Waals surface area (Å²) in [5.41, 5.74) is 7.40. The quantitative estimate of drug-likeness (QED) is 0.804. The van der Waals surface area contributed by atoms with Crippen LogP contribution >= 0.6 is 0 Å². The summed E-state index contributed by atoms with van der Waals surface area (Å²) >= 11 is 0. The SMILES string of the molecule is CC(N)c1c(C(=O)O)cnc2ccccc12. The number of nitrogens with zero attached hydrogens (tertiary/aromatic N) is 1. The number of hydrogen-bond acceptors (Lipinski definition) is 3. The molecule has 1 heterocycles. The van der Waals surface area contributed by atoms with Gasteiger partial charge < -0.3 is 10.8 Å². The topological polar surface area (TPSA) is 76.2 Å². The number of carbonyl (C=O) groups is 1. The van der Waals surface area contributed by atoms with Gasteiger partial charge in [-0.1, -0.05) is 18.2 Å². The number of benzene rings is 1. The average molecular weight is 216 g/mol. The van der Waals surface area contributed by atoms with Crippen molar-refractivity contribution in [3.63, 3.8) is 0 Å². The zero-order chi connectivity index (χ0) is 11.7. The van der Waals surface area contributed by atoms with Crippen molar-refractivity contribution in [1.82, 2.24) is 4.98 Å². The van der Waals surface area contributed by atoms with Crippen molar-refractivity contribution >= 4 is 16.9 Å². The molecule has 16 heavy (non-hydrogen) atoms. The van der Waals surface area contributed by atoms with Crippen LogP contribution in [0.25, 0.3) is 10.9 Å². The molecular formula is C12H12N2O2. The first kappa shape index (κ1) is 10.6. The van der Waals surface area contributed by atoms with Gasteiger partial charge in [-0.3, -0.25) is 4.98 Å². The van der Waals surface area contributed by atoms with Crippen molar-refractivity contribution in [2.24, 2.45) is 5.73 Å². The van der Waals surface area contributed by atoms with Crippen LogP contribution in [0.4, 0.5) is 0 Å². The van der Waals surface area contributed by atoms with E-state index in [-0.39, 0.29) is 11.6 Å². The first-order chi connectivity index (χ1) is 7.61. The number of pyridine rings is 1. The van der Waals surface area contributed by atoms with Crippen LogP contribution in [0.1, 0.15) is 28.9 Å². The summed E-state index contributed by atoms with van der Waals surface area (Å²) in [5, 5.41) is 9.88. The van der Waals surface area contributed by atoms with Crippen LogP contribution in [0, 0.1) is 0 Å². The van der Waals surface area contributed by atoms with Crippen LogP contribution < -0.4 is 5.73 Å². The molecule has 4 heteroatoms. The van der Waals surface area contributed by atoms with E-state index in [2.05, 4.69) is 4.98 Å². The molecule has 82 valence electrons. The summed E-state index contributed by atoms with van der Waals surface area (Å²) in [5.74, 6) is -0.995. The van der Waals surface area contributed by atoms with Gasteiger partial charge in [0.1, 0.15) is 0 Å². The molecule has 1 aromatic carbocycles. The average Bonchev–Trinajstić information content (AvgIpc) is 2.27. The Hall–Kier alpha value is -1.94. The lowest BCUT2D eigenvalue weighted by atomic mass is 9.98. The summed E-state index contributed by atoms with van der Waals surface area (Å²) in [6, 6.07) is 7.06. The number of hydrogen-bond donors (Lipinski definition) is 2. The van der Waals surface area contributed by atoms with Crippen molar-refractivity contribution in [3.8, 4) is 0 Å². The Morgan fingerprint density at radius 1 is 1.44 bits per heavy atom. The molecule has 0 saturated carbocycles. The van der Waals surface area contributed by atoms with Gasteiger partial charge in [0.2, 0.25) is 0 Å². The molecule has 1 atom stereocenters. The molecule has 0 bridgehead atoms. The molecule has 0 aliphatic heterocycles. The third-order valence-electron chi connectivity index (χ3n) is 2.50. The van der Waals surface area contributed by atoms with Gasteiger partial charge in [-0.2, -0.15) is 0 Å². The lowest BCUT2D eigenvalue weighted by molar-refractivity contribution is 0.0695. The highest BCUT2D eigenvalue weighted by Gasteiger charge is 2.16. The van der Waals surface area contributed by atoms with E-state index in [1.807, 2.05) is 24.3 Å². The molecule has 2 rings (SSSR count). The molecule has 0 radical (unpaired) electrons. The molecule has 0 fully saturated rings. The van der Waals surface area contributed by atoms with Crippen LogP contribution in [-0.4, -0.2) is 16.1 Å². The second-order valence-electron chi connectivity index (χ2n) is 3.70. The molecule has 4 nitrogen and oxygen atoms in total. The normalized spacial score (nSPS) is 12.6. The van der Waals surface area contributed by atoms with Crippen LogP contribution in [-0.2, 0) is 0 Å². The van der Waals surface area contributed by atoms with Crippen molar-refractivity contribution in [2.75, 3.05) is 0 Å². The van der Waals surface area contributed by atoms with Crippen molar-refractivity contribution in [2.45, 2.75) is 13.0 Å². The van der Waals surface area contributed by atoms with Gasteiger partial charge in [-0.25, -0.2) is 4.79 Å². The number of aromatic carboxylic acids is 1. The Kier molecular flexibility index (Phi) is 2.58. The van der Waals surface area contributed by atoms with Gasteiger partial charge in [-0.05, 0) is 18.6 Å². The van der Waals surface area contributed by atoms with E-state index < -0.39 is 5.97 Å². The van der Waals surface area contributed by atoms with E-state index in [1.54, 1.807) is 6.92 Å². The Morgan fingerprint density at radius 2 is 2.12 bits per heavy atom. The van der Waals surface area contributed by atoms with Gasteiger partial charge >= 0.3 is 5.97 Å². The monoisotopic (exact) mass is 216 g/mol. The molecule has 1 unspecified atom stereocenters. The number of carboxylic acid groups (broad SMARTS) is 1. The fraction of sp³-hybridized carbons (Fsp3) is 0.167. The summed E-state index contributed by atoms with van der Waals surface area (Å²) < 4.78 is 0. The Bertz CT molecular complexity index is 550. The predicted molar refractivity (Wildman–Crippen MR) is 61.3 cm³/mol. The van der Waals surface area contributed by atoms with E-state index in [0.717, 1.165) is 10.9 Å². The third kappa shape index (κ3) is 1.63. The highest BCUT2D eigenvalue weighted by atomic mass is 16.4. The molecule has 0 amide bonds. The van der Waals surface area contributed by atoms with E-state index in [0.29, 0.717) is 5.56 Å². The van der Waals surface area contributed by atoms with Gasteiger partial charge in [0, 0.05) is 17.6 Å². The molecule has 0 aliphatic carbocycles. The summed E-state index contributed by atoms with van der Waals surface area (Å²) in [6.45, 7) is 1.77. The minimum Gasteiger partial charge on any atom is -0.478 e. The lowest BCUT2D eigenvalue weighted by Crippen LogP contribution is -2.13. The van der Waals surface area contributed by atoms with Crippen molar-refractivity contribution in [3.05, 3.63) is 41.6 Å². The number of aromatic nitrogens is 1. The first-order valence-corrected chi connectivity index (χ1v) is 4.97. The van der Waals surface area contributed by atoms with E-state index in [4.69, 9.17) is 10.8 Å². The molecule has 0 saturated heterocycles. The molecule has 0 spiro atoms. The zero-order valence-corrected chi connectivity index (χ0v) is 8.84. The molecule has 2 aromatic rings. The lowest BCUT2D eigenvalue weighted by Gasteiger charge is -2.12. The molecule has 1 aromatic heterocycles. The van der Waals surface area contributed by atoms with Crippen molar-refractivity contribution in [1.29, 1.82) is 0 Å². The summed E-state index contributed by atoms with van der Waals surface area (Å²) in [7, 11) is 0. The standard InChI is InChI=1S/C12H12N2O2/c1-7(13)11-8-4-2-3-5-10(8)14-6-9(11)12(15)16/h2-7H,13H2,1H3,(H,15,16). The van der Waals surface area contributed by atoms with Crippen LogP contribution in [0.2, 0.25) is 0 Å². The maximum Gasteiger partial charge on any atom is 0.337 e. The second kappa shape index (κ2) is 3.90. The minimum absolute atomic E-state index is 0.175. The number of para-hydroxylation sites is 1. The smallest absolute Gasteiger partial charge is 0.337 e. The minimum atomic E-state index is -0.995. The number of carboxylic acids is 1. The predicted octanol–water partition coefficient (Wildman–Crippen LogP) is 1.95. The number of nitrogens with two attached hydrogens (primary N) is 1. The third-order valence-corrected chi connectivity index (χ3v) is 2.50. The first-order valence-electron chi connectivity index (χ1n) is 4.97. The Morgan fingerprint density at radius 3 is 2.75 bits per heavy atom. The van der Waals surface area contributed by atoms with Crippen LogP contribution in [0.15, 0.2) is 30.5 Å². The summed E-state index contributed by atoms with van der Waals surface area (Å²) in [6.07, 6.45) is 1.36. The maximum atomic E-state index is 11.1. The molecule has 0 aliphatic rings. The van der Waals surface area contributed by atoms with Gasteiger partial charge in [0.25, 0.3) is 0 Å². The van der Waals surface area contributed by atoms with E-state index in [1.165, 1.54) is 6.20 Å². The fourth-order valence-corrected chi connectivity index (χ4v) is 1.82. The largest absolute Gasteiger partial charge is 0.478 e. The van der Waals surface area contributed by atoms with E-state index in [9.17, 15) is 4.79 Å². The highest BCUT2D eigenvalue weighted by Crippen LogP contribution is 2.25. The number of fused-ring (bicyclic) bond motifs is 1. The van der Waals surface area contributed by atoms with E-state index >= 15 is 0 Å². The molecule has 3 N–H and O–H groups in total. The van der Waals surface area contributed by atoms with Crippen molar-refractivity contribution < 1.29 is 9.90 Å². The highest BCUT2D eigenvalue weighted by molar-refractivity contribution is 5.96. The number of rotatable bonds is 2. The van der Waals surface area contributed by atoms with Gasteiger partial charge in [0.15, 0.2) is 0 Å². The molecular weight excluding hydrogens is 204 g/mol. The zero-order valence-electron chi connectivity index (χ0n) is 8.84. The van der Waals surface area contributed by atoms with Crippen LogP contribution in [0.5, 0.6) is 0 Å². The van der Waals surface area contributed by atoms with Gasteiger partial charge in [0.05, 0.1) is 11.1 Å².